The molecule has 0 N–H and O–H groups in total. The molecule has 2 aromatic carbocycles. The zero-order valence-corrected chi connectivity index (χ0v) is 13.2. The molecule has 2 heterocycles. The van der Waals surface area contributed by atoms with Crippen molar-refractivity contribution in [2.75, 3.05) is 13.7 Å². The van der Waals surface area contributed by atoms with Crippen molar-refractivity contribution in [2.24, 2.45) is 0 Å². The van der Waals surface area contributed by atoms with Crippen molar-refractivity contribution in [3.05, 3.63) is 71.3 Å². The number of rotatable bonds is 4. The van der Waals surface area contributed by atoms with E-state index in [-0.39, 0.29) is 12.2 Å². The summed E-state index contributed by atoms with van der Waals surface area (Å²) in [5.41, 5.74) is 5.02. The molecule has 3 heteroatoms. The van der Waals surface area contributed by atoms with Crippen LogP contribution in [-0.2, 0) is 17.6 Å². The van der Waals surface area contributed by atoms with Gasteiger partial charge in [-0.15, -0.1) is 0 Å². The lowest BCUT2D eigenvalue weighted by Crippen LogP contribution is -2.28. The summed E-state index contributed by atoms with van der Waals surface area (Å²) in [5, 5.41) is 0. The zero-order chi connectivity index (χ0) is 15.8. The lowest BCUT2D eigenvalue weighted by Gasteiger charge is -2.39. The fourth-order valence-corrected chi connectivity index (χ4v) is 3.72. The second-order valence-corrected chi connectivity index (χ2v) is 5.98. The molecule has 0 saturated carbocycles. The normalized spacial score (nSPS) is 21.1. The van der Waals surface area contributed by atoms with Crippen LogP contribution in [0.5, 0.6) is 11.5 Å². The average Bonchev–Trinajstić information content (AvgIpc) is 2.60. The summed E-state index contributed by atoms with van der Waals surface area (Å²) in [4.78, 5) is 0. The summed E-state index contributed by atoms with van der Waals surface area (Å²) >= 11 is 0. The number of fused-ring (bicyclic) bond motifs is 6. The number of methoxy groups -OCH3 is 1. The van der Waals surface area contributed by atoms with Crippen molar-refractivity contribution >= 4 is 0 Å². The third-order valence-corrected chi connectivity index (χ3v) is 4.70. The molecule has 2 aliphatic heterocycles. The van der Waals surface area contributed by atoms with Crippen molar-refractivity contribution in [3.63, 3.8) is 0 Å². The SMILES string of the molecule is C=CCOc1ccc(OC)c2c1CC1OC2Cc2ccccc21. The molecule has 118 valence electrons. The van der Waals surface area contributed by atoms with Crippen LogP contribution in [-0.4, -0.2) is 13.7 Å². The van der Waals surface area contributed by atoms with Gasteiger partial charge in [0.1, 0.15) is 18.1 Å². The van der Waals surface area contributed by atoms with Gasteiger partial charge in [0, 0.05) is 24.0 Å². The van der Waals surface area contributed by atoms with Gasteiger partial charge in [-0.25, -0.2) is 0 Å². The van der Waals surface area contributed by atoms with E-state index < -0.39 is 0 Å². The highest BCUT2D eigenvalue weighted by Gasteiger charge is 2.37. The standard InChI is InChI=1S/C20H20O3/c1-3-10-22-16-8-9-17(21-2)20-15(16)12-18-14-7-5-4-6-13(14)11-19(20)23-18/h3-9,18-19H,1,10-12H2,2H3. The quantitative estimate of drug-likeness (QED) is 0.793. The lowest BCUT2D eigenvalue weighted by atomic mass is 9.81. The Morgan fingerprint density at radius 3 is 2.78 bits per heavy atom. The van der Waals surface area contributed by atoms with Crippen LogP contribution in [0.1, 0.15) is 34.5 Å². The van der Waals surface area contributed by atoms with Gasteiger partial charge in [-0.2, -0.15) is 0 Å². The Balaban J connectivity index is 1.82. The maximum atomic E-state index is 6.32. The molecule has 2 bridgehead atoms. The summed E-state index contributed by atoms with van der Waals surface area (Å²) in [7, 11) is 1.71. The molecule has 2 aromatic rings. The highest BCUT2D eigenvalue weighted by Crippen LogP contribution is 2.50. The maximum Gasteiger partial charge on any atom is 0.125 e. The second kappa shape index (κ2) is 5.74. The van der Waals surface area contributed by atoms with Crippen LogP contribution in [0.4, 0.5) is 0 Å². The minimum Gasteiger partial charge on any atom is -0.496 e. The molecule has 2 aliphatic rings. The van der Waals surface area contributed by atoms with Gasteiger partial charge in [0.15, 0.2) is 0 Å². The molecule has 0 fully saturated rings. The van der Waals surface area contributed by atoms with E-state index >= 15 is 0 Å². The first-order chi connectivity index (χ1) is 11.3. The van der Waals surface area contributed by atoms with Crippen molar-refractivity contribution in [3.8, 4) is 11.5 Å². The molecule has 3 nitrogen and oxygen atoms in total. The largest absolute Gasteiger partial charge is 0.496 e. The van der Waals surface area contributed by atoms with Crippen molar-refractivity contribution < 1.29 is 14.2 Å². The van der Waals surface area contributed by atoms with Crippen LogP contribution >= 0.6 is 0 Å². The molecule has 2 atom stereocenters. The van der Waals surface area contributed by atoms with Crippen molar-refractivity contribution in [1.82, 2.24) is 0 Å². The Hall–Kier alpha value is -2.26. The molecular weight excluding hydrogens is 288 g/mol. The Labute approximate surface area is 136 Å². The highest BCUT2D eigenvalue weighted by atomic mass is 16.5. The topological polar surface area (TPSA) is 27.7 Å². The number of hydrogen-bond acceptors (Lipinski definition) is 3. The Bertz CT molecular complexity index is 751. The predicted octanol–water partition coefficient (Wildman–Crippen LogP) is 4.17. The third-order valence-electron chi connectivity index (χ3n) is 4.70. The average molecular weight is 308 g/mol. The van der Waals surface area contributed by atoms with Gasteiger partial charge < -0.3 is 14.2 Å². The molecule has 0 aromatic heterocycles. The van der Waals surface area contributed by atoms with Gasteiger partial charge in [-0.3, -0.25) is 0 Å². The van der Waals surface area contributed by atoms with Gasteiger partial charge >= 0.3 is 0 Å². The maximum absolute atomic E-state index is 6.32. The van der Waals surface area contributed by atoms with Crippen LogP contribution in [0.25, 0.3) is 0 Å². The van der Waals surface area contributed by atoms with Crippen molar-refractivity contribution in [1.29, 1.82) is 0 Å². The van der Waals surface area contributed by atoms with Gasteiger partial charge in [0.05, 0.1) is 19.3 Å². The van der Waals surface area contributed by atoms with E-state index in [9.17, 15) is 0 Å². The van der Waals surface area contributed by atoms with Crippen LogP contribution < -0.4 is 9.47 Å². The summed E-state index contributed by atoms with van der Waals surface area (Å²) in [6.07, 6.45) is 3.58. The van der Waals surface area contributed by atoms with E-state index in [0.29, 0.717) is 6.61 Å². The predicted molar refractivity (Wildman–Crippen MR) is 89.1 cm³/mol. The Kier molecular flexibility index (Phi) is 3.58. The first-order valence-corrected chi connectivity index (χ1v) is 7.98. The van der Waals surface area contributed by atoms with E-state index in [1.54, 1.807) is 13.2 Å². The fraction of sp³-hybridized carbons (Fsp3) is 0.300. The van der Waals surface area contributed by atoms with Crippen LogP contribution in [0.3, 0.4) is 0 Å². The van der Waals surface area contributed by atoms with Crippen LogP contribution in [0, 0.1) is 0 Å². The molecule has 23 heavy (non-hydrogen) atoms. The smallest absolute Gasteiger partial charge is 0.125 e. The van der Waals surface area contributed by atoms with Crippen LogP contribution in [0.15, 0.2) is 49.1 Å². The van der Waals surface area contributed by atoms with E-state index in [0.717, 1.165) is 29.9 Å². The summed E-state index contributed by atoms with van der Waals surface area (Å²) in [6, 6.07) is 12.5. The van der Waals surface area contributed by atoms with Crippen molar-refractivity contribution in [2.45, 2.75) is 25.0 Å². The molecule has 0 saturated heterocycles. The van der Waals surface area contributed by atoms with E-state index in [1.165, 1.54) is 16.7 Å². The summed E-state index contributed by atoms with van der Waals surface area (Å²) < 4.78 is 17.8. The summed E-state index contributed by atoms with van der Waals surface area (Å²) in [6.45, 7) is 4.24. The number of ether oxygens (including phenoxy) is 3. The highest BCUT2D eigenvalue weighted by molar-refractivity contribution is 5.54. The first kappa shape index (κ1) is 14.3. The van der Waals surface area contributed by atoms with Gasteiger partial charge in [0.2, 0.25) is 0 Å². The number of benzene rings is 2. The van der Waals surface area contributed by atoms with Gasteiger partial charge in [0.25, 0.3) is 0 Å². The monoisotopic (exact) mass is 308 g/mol. The minimum atomic E-state index is 0.0286. The van der Waals surface area contributed by atoms with Gasteiger partial charge in [-0.1, -0.05) is 36.9 Å². The molecule has 4 rings (SSSR count). The van der Waals surface area contributed by atoms with E-state index in [1.807, 2.05) is 12.1 Å². The van der Waals surface area contributed by atoms with Crippen LogP contribution in [0.2, 0.25) is 0 Å². The molecule has 0 spiro atoms. The molecule has 0 aliphatic carbocycles. The second-order valence-electron chi connectivity index (χ2n) is 5.98. The molecular formula is C20H20O3. The molecule has 0 radical (unpaired) electrons. The molecule has 0 amide bonds. The Morgan fingerprint density at radius 2 is 1.96 bits per heavy atom. The third kappa shape index (κ3) is 2.32. The van der Waals surface area contributed by atoms with E-state index in [2.05, 4.69) is 30.8 Å². The van der Waals surface area contributed by atoms with Gasteiger partial charge in [-0.05, 0) is 23.3 Å². The zero-order valence-electron chi connectivity index (χ0n) is 13.2. The summed E-state index contributed by atoms with van der Waals surface area (Å²) in [5.74, 6) is 1.80. The fourth-order valence-electron chi connectivity index (χ4n) is 3.72. The molecule has 2 unspecified atom stereocenters. The minimum absolute atomic E-state index is 0.0286. The first-order valence-electron chi connectivity index (χ1n) is 7.98. The number of hydrogen-bond donors (Lipinski definition) is 0. The Morgan fingerprint density at radius 1 is 1.13 bits per heavy atom. The van der Waals surface area contributed by atoms with E-state index in [4.69, 9.17) is 14.2 Å². The lowest BCUT2D eigenvalue weighted by molar-refractivity contribution is -0.0409.